The first kappa shape index (κ1) is 16.8. The van der Waals surface area contributed by atoms with Gasteiger partial charge in [0.2, 0.25) is 0 Å². The van der Waals surface area contributed by atoms with Gasteiger partial charge in [0.25, 0.3) is 0 Å². The number of hydrogen-bond acceptors (Lipinski definition) is 2. The zero-order chi connectivity index (χ0) is 16.5. The van der Waals surface area contributed by atoms with E-state index in [0.29, 0.717) is 5.56 Å². The normalized spacial score (nSPS) is 14.8. The van der Waals surface area contributed by atoms with Crippen LogP contribution in [0.25, 0.3) is 11.1 Å². The maximum Gasteiger partial charge on any atom is 0.128 e. The third-order valence-electron chi connectivity index (χ3n) is 3.35. The highest BCUT2D eigenvalue weighted by atomic mass is 32.2. The van der Waals surface area contributed by atoms with Gasteiger partial charge in [-0.1, -0.05) is 12.1 Å². The van der Waals surface area contributed by atoms with Crippen LogP contribution in [0.15, 0.2) is 30.6 Å². The van der Waals surface area contributed by atoms with Gasteiger partial charge in [-0.05, 0) is 39.3 Å². The molecule has 0 amide bonds. The van der Waals surface area contributed by atoms with Crippen LogP contribution >= 0.6 is 0 Å². The maximum atomic E-state index is 14.4. The number of benzene rings is 1. The van der Waals surface area contributed by atoms with E-state index in [1.54, 1.807) is 16.9 Å². The number of aryl methyl sites for hydroxylation is 1. The molecule has 4 nitrogen and oxygen atoms in total. The molecule has 0 aliphatic carbocycles. The monoisotopic (exact) mass is 323 g/mol. The standard InChI is InChI=1S/C16H22FN3OS/c1-11(19-22(21)16(2,3)4)14-7-6-12(8-15(14)17)13-9-18-20(5)10-13/h6-11,19H,1-5H3/t11-,22-/m0/s1. The minimum atomic E-state index is -1.24. The Bertz CT molecular complexity index is 691. The molecule has 0 saturated heterocycles. The molecule has 1 N–H and O–H groups in total. The summed E-state index contributed by atoms with van der Waals surface area (Å²) in [5, 5.41) is 4.09. The second kappa shape index (κ2) is 6.30. The van der Waals surface area contributed by atoms with Gasteiger partial charge in [-0.25, -0.2) is 13.3 Å². The summed E-state index contributed by atoms with van der Waals surface area (Å²) in [5.74, 6) is -0.313. The highest BCUT2D eigenvalue weighted by Crippen LogP contribution is 2.25. The summed E-state index contributed by atoms with van der Waals surface area (Å²) in [6.45, 7) is 7.45. The summed E-state index contributed by atoms with van der Waals surface area (Å²) in [6, 6.07) is 4.75. The molecule has 120 valence electrons. The number of halogens is 1. The average molecular weight is 323 g/mol. The van der Waals surface area contributed by atoms with E-state index >= 15 is 0 Å². The highest BCUT2D eigenvalue weighted by molar-refractivity contribution is 7.84. The number of rotatable bonds is 4. The van der Waals surface area contributed by atoms with Crippen LogP contribution in [-0.2, 0) is 18.0 Å². The van der Waals surface area contributed by atoms with Gasteiger partial charge in [0, 0.05) is 30.4 Å². The number of aromatic nitrogens is 2. The SMILES string of the molecule is C[C@H](N[S@@](=O)C(C)(C)C)c1ccc(-c2cnn(C)c2)cc1F. The van der Waals surface area contributed by atoms with Crippen molar-refractivity contribution >= 4 is 11.0 Å². The van der Waals surface area contributed by atoms with Crippen molar-refractivity contribution in [1.82, 2.24) is 14.5 Å². The lowest BCUT2D eigenvalue weighted by Crippen LogP contribution is -2.35. The molecular formula is C16H22FN3OS. The van der Waals surface area contributed by atoms with Gasteiger partial charge in [-0.15, -0.1) is 0 Å². The van der Waals surface area contributed by atoms with Crippen molar-refractivity contribution in [2.24, 2.45) is 7.05 Å². The molecular weight excluding hydrogens is 301 g/mol. The topological polar surface area (TPSA) is 46.9 Å². The summed E-state index contributed by atoms with van der Waals surface area (Å²) < 4.78 is 30.7. The molecule has 0 saturated carbocycles. The maximum absolute atomic E-state index is 14.4. The first-order chi connectivity index (χ1) is 10.2. The van der Waals surface area contributed by atoms with E-state index in [4.69, 9.17) is 0 Å². The van der Waals surface area contributed by atoms with E-state index in [0.717, 1.165) is 11.1 Å². The Morgan fingerprint density at radius 1 is 1.32 bits per heavy atom. The smallest absolute Gasteiger partial charge is 0.128 e. The largest absolute Gasteiger partial charge is 0.275 e. The molecule has 1 aromatic heterocycles. The van der Waals surface area contributed by atoms with Crippen molar-refractivity contribution in [1.29, 1.82) is 0 Å². The Balaban J connectivity index is 2.21. The van der Waals surface area contributed by atoms with Crippen LogP contribution in [-0.4, -0.2) is 18.7 Å². The van der Waals surface area contributed by atoms with Gasteiger partial charge in [-0.2, -0.15) is 5.10 Å². The van der Waals surface area contributed by atoms with Gasteiger partial charge in [0.05, 0.1) is 21.9 Å². The average Bonchev–Trinajstić information content (AvgIpc) is 2.84. The van der Waals surface area contributed by atoms with Gasteiger partial charge in [-0.3, -0.25) is 4.68 Å². The molecule has 0 aliphatic heterocycles. The first-order valence-corrected chi connectivity index (χ1v) is 8.30. The molecule has 0 unspecified atom stereocenters. The number of nitrogens with zero attached hydrogens (tertiary/aromatic N) is 2. The summed E-state index contributed by atoms with van der Waals surface area (Å²) in [5.41, 5.74) is 2.15. The van der Waals surface area contributed by atoms with Crippen molar-refractivity contribution in [3.8, 4) is 11.1 Å². The molecule has 0 bridgehead atoms. The van der Waals surface area contributed by atoms with E-state index in [-0.39, 0.29) is 16.6 Å². The van der Waals surface area contributed by atoms with Gasteiger partial charge in [0.1, 0.15) is 5.82 Å². The van der Waals surface area contributed by atoms with Crippen molar-refractivity contribution in [2.45, 2.75) is 38.5 Å². The van der Waals surface area contributed by atoms with Crippen molar-refractivity contribution in [3.63, 3.8) is 0 Å². The predicted molar refractivity (Wildman–Crippen MR) is 88.0 cm³/mol. The van der Waals surface area contributed by atoms with E-state index in [1.165, 1.54) is 6.07 Å². The van der Waals surface area contributed by atoms with Crippen molar-refractivity contribution < 1.29 is 8.60 Å². The van der Waals surface area contributed by atoms with Crippen LogP contribution in [0.1, 0.15) is 39.3 Å². The summed E-state index contributed by atoms with van der Waals surface area (Å²) >= 11 is 0. The van der Waals surface area contributed by atoms with Crippen LogP contribution in [0.2, 0.25) is 0 Å². The fraction of sp³-hybridized carbons (Fsp3) is 0.438. The summed E-state index contributed by atoms with van der Waals surface area (Å²) in [4.78, 5) is 0. The van der Waals surface area contributed by atoms with Crippen LogP contribution in [0.5, 0.6) is 0 Å². The zero-order valence-corrected chi connectivity index (χ0v) is 14.4. The first-order valence-electron chi connectivity index (χ1n) is 7.15. The van der Waals surface area contributed by atoms with E-state index in [2.05, 4.69) is 9.82 Å². The van der Waals surface area contributed by atoms with Crippen LogP contribution < -0.4 is 4.72 Å². The Hall–Kier alpha value is -1.53. The highest BCUT2D eigenvalue weighted by Gasteiger charge is 2.23. The van der Waals surface area contributed by atoms with Crippen LogP contribution in [0.3, 0.4) is 0 Å². The van der Waals surface area contributed by atoms with E-state index in [9.17, 15) is 8.60 Å². The molecule has 6 heteroatoms. The lowest BCUT2D eigenvalue weighted by molar-refractivity contribution is 0.572. The fourth-order valence-electron chi connectivity index (χ4n) is 2.03. The lowest BCUT2D eigenvalue weighted by Gasteiger charge is -2.22. The van der Waals surface area contributed by atoms with E-state index < -0.39 is 11.0 Å². The Labute approximate surface area is 133 Å². The molecule has 0 aliphatic rings. The van der Waals surface area contributed by atoms with E-state index in [1.807, 2.05) is 47.0 Å². The molecule has 22 heavy (non-hydrogen) atoms. The van der Waals surface area contributed by atoms with Crippen molar-refractivity contribution in [2.75, 3.05) is 0 Å². The third kappa shape index (κ3) is 3.81. The molecule has 2 rings (SSSR count). The lowest BCUT2D eigenvalue weighted by atomic mass is 10.0. The minimum Gasteiger partial charge on any atom is -0.275 e. The second-order valence-corrected chi connectivity index (χ2v) is 8.36. The summed E-state index contributed by atoms with van der Waals surface area (Å²) in [6.07, 6.45) is 3.54. The fourth-order valence-corrected chi connectivity index (χ4v) is 2.83. The van der Waals surface area contributed by atoms with Crippen molar-refractivity contribution in [3.05, 3.63) is 42.0 Å². The zero-order valence-electron chi connectivity index (χ0n) is 13.6. The Morgan fingerprint density at radius 3 is 2.50 bits per heavy atom. The quantitative estimate of drug-likeness (QED) is 0.938. The van der Waals surface area contributed by atoms with Crippen LogP contribution in [0, 0.1) is 5.82 Å². The second-order valence-electron chi connectivity index (χ2n) is 6.36. The van der Waals surface area contributed by atoms with Gasteiger partial charge >= 0.3 is 0 Å². The predicted octanol–water partition coefficient (Wildman–Crippen LogP) is 3.34. The number of hydrogen-bond donors (Lipinski definition) is 1. The van der Waals surface area contributed by atoms with Gasteiger partial charge in [0.15, 0.2) is 0 Å². The molecule has 0 fully saturated rings. The summed E-state index contributed by atoms with van der Waals surface area (Å²) in [7, 11) is 0.577. The minimum absolute atomic E-state index is 0.313. The molecule has 1 aromatic carbocycles. The molecule has 2 aromatic rings. The Kier molecular flexibility index (Phi) is 4.82. The third-order valence-corrected chi connectivity index (χ3v) is 5.03. The molecule has 0 radical (unpaired) electrons. The Morgan fingerprint density at radius 2 is 2.00 bits per heavy atom. The number of nitrogens with one attached hydrogen (secondary N) is 1. The molecule has 2 atom stereocenters. The van der Waals surface area contributed by atoms with Crippen LogP contribution in [0.4, 0.5) is 4.39 Å². The molecule has 0 spiro atoms. The van der Waals surface area contributed by atoms with Gasteiger partial charge < -0.3 is 0 Å². The molecule has 1 heterocycles.